The van der Waals surface area contributed by atoms with Crippen LogP contribution in [0.25, 0.3) is 0 Å². The third-order valence-corrected chi connectivity index (χ3v) is 1.96. The number of benzene rings is 1. The number of carbonyl (C=O) groups is 1. The topological polar surface area (TPSA) is 78.3 Å². The van der Waals surface area contributed by atoms with Crippen LogP contribution in [0, 0.1) is 0 Å². The van der Waals surface area contributed by atoms with Crippen LogP contribution >= 0.6 is 0 Å². The van der Waals surface area contributed by atoms with E-state index in [0.29, 0.717) is 17.9 Å². The molecule has 0 aromatic heterocycles. The minimum atomic E-state index is -0.485. The Morgan fingerprint density at radius 3 is 2.71 bits per heavy atom. The van der Waals surface area contributed by atoms with Gasteiger partial charge in [0.15, 0.2) is 0 Å². The van der Waals surface area contributed by atoms with Gasteiger partial charge >= 0.3 is 0 Å². The molecule has 0 radical (unpaired) electrons. The normalized spacial score (nSPS) is 9.86. The number of rotatable bonds is 4. The molecule has 1 aromatic rings. The van der Waals surface area contributed by atoms with E-state index in [1.165, 1.54) is 7.11 Å². The van der Waals surface area contributed by atoms with Gasteiger partial charge in [0.05, 0.1) is 12.7 Å². The maximum atomic E-state index is 11.0. The molecule has 0 heterocycles. The number of hydrogen-bond donors (Lipinski definition) is 2. The quantitative estimate of drug-likeness (QED) is 0.723. The van der Waals surface area contributed by atoms with Crippen molar-refractivity contribution in [3.63, 3.8) is 0 Å². The maximum Gasteiger partial charge on any atom is 0.252 e. The Kier molecular flexibility index (Phi) is 3.48. The van der Waals surface area contributed by atoms with E-state index < -0.39 is 5.91 Å². The standard InChI is InChI=1S/C10H14N2O2/c1-14-9-6-7(4-5-11)2-3-8(9)10(12)13/h2-3,6H,4-5,11H2,1H3,(H2,12,13). The number of primary amides is 1. The first-order valence-electron chi connectivity index (χ1n) is 4.36. The summed E-state index contributed by atoms with van der Waals surface area (Å²) in [5.41, 5.74) is 12.0. The molecule has 1 amide bonds. The van der Waals surface area contributed by atoms with E-state index >= 15 is 0 Å². The zero-order valence-corrected chi connectivity index (χ0v) is 8.12. The first kappa shape index (κ1) is 10.5. The van der Waals surface area contributed by atoms with Crippen molar-refractivity contribution in [1.29, 1.82) is 0 Å². The second-order valence-corrected chi connectivity index (χ2v) is 2.94. The summed E-state index contributed by atoms with van der Waals surface area (Å²) in [5.74, 6) is 0.0181. The van der Waals surface area contributed by atoms with Gasteiger partial charge in [0.2, 0.25) is 0 Å². The van der Waals surface area contributed by atoms with Crippen LogP contribution in [0.3, 0.4) is 0 Å². The van der Waals surface area contributed by atoms with E-state index in [1.807, 2.05) is 6.07 Å². The molecule has 76 valence electrons. The van der Waals surface area contributed by atoms with Gasteiger partial charge in [0.25, 0.3) is 5.91 Å². The van der Waals surface area contributed by atoms with Gasteiger partial charge in [-0.05, 0) is 30.7 Å². The molecule has 14 heavy (non-hydrogen) atoms. The molecule has 1 rings (SSSR count). The van der Waals surface area contributed by atoms with Crippen LogP contribution < -0.4 is 16.2 Å². The van der Waals surface area contributed by atoms with Crippen molar-refractivity contribution >= 4 is 5.91 Å². The van der Waals surface area contributed by atoms with Crippen molar-refractivity contribution in [3.05, 3.63) is 29.3 Å². The van der Waals surface area contributed by atoms with Gasteiger partial charge in [-0.2, -0.15) is 0 Å². The molecule has 0 bridgehead atoms. The molecule has 4 nitrogen and oxygen atoms in total. The van der Waals surface area contributed by atoms with E-state index in [9.17, 15) is 4.79 Å². The number of hydrogen-bond acceptors (Lipinski definition) is 3. The van der Waals surface area contributed by atoms with Gasteiger partial charge in [-0.3, -0.25) is 4.79 Å². The van der Waals surface area contributed by atoms with E-state index in [4.69, 9.17) is 16.2 Å². The number of amides is 1. The molecule has 4 heteroatoms. The summed E-state index contributed by atoms with van der Waals surface area (Å²) in [4.78, 5) is 11.0. The van der Waals surface area contributed by atoms with E-state index in [-0.39, 0.29) is 0 Å². The largest absolute Gasteiger partial charge is 0.496 e. The van der Waals surface area contributed by atoms with Crippen molar-refractivity contribution in [2.75, 3.05) is 13.7 Å². The molecule has 0 aliphatic heterocycles. The van der Waals surface area contributed by atoms with Crippen LogP contribution in [0.4, 0.5) is 0 Å². The number of nitrogens with two attached hydrogens (primary N) is 2. The molecule has 0 aliphatic rings. The van der Waals surface area contributed by atoms with Crippen LogP contribution in [0.15, 0.2) is 18.2 Å². The Hall–Kier alpha value is -1.55. The van der Waals surface area contributed by atoms with Crippen molar-refractivity contribution < 1.29 is 9.53 Å². The highest BCUT2D eigenvalue weighted by atomic mass is 16.5. The summed E-state index contributed by atoms with van der Waals surface area (Å²) < 4.78 is 5.05. The van der Waals surface area contributed by atoms with Crippen LogP contribution in [0.1, 0.15) is 15.9 Å². The highest BCUT2D eigenvalue weighted by Gasteiger charge is 2.08. The Labute approximate surface area is 82.8 Å². The third-order valence-electron chi connectivity index (χ3n) is 1.96. The monoisotopic (exact) mass is 194 g/mol. The maximum absolute atomic E-state index is 11.0. The predicted molar refractivity (Wildman–Crippen MR) is 54.3 cm³/mol. The molecule has 0 saturated heterocycles. The summed E-state index contributed by atoms with van der Waals surface area (Å²) in [6.07, 6.45) is 0.759. The van der Waals surface area contributed by atoms with E-state index in [1.54, 1.807) is 12.1 Å². The molecule has 0 atom stereocenters. The molecule has 0 spiro atoms. The summed E-state index contributed by atoms with van der Waals surface area (Å²) >= 11 is 0. The lowest BCUT2D eigenvalue weighted by Gasteiger charge is -2.07. The number of methoxy groups -OCH3 is 1. The molecule has 0 unspecified atom stereocenters. The predicted octanol–water partition coefficient (Wildman–Crippen LogP) is 0.295. The van der Waals surface area contributed by atoms with Gasteiger partial charge < -0.3 is 16.2 Å². The number of ether oxygens (including phenoxy) is 1. The van der Waals surface area contributed by atoms with Crippen molar-refractivity contribution in [1.82, 2.24) is 0 Å². The lowest BCUT2D eigenvalue weighted by molar-refractivity contribution is 0.0997. The van der Waals surface area contributed by atoms with Crippen LogP contribution in [0.5, 0.6) is 5.75 Å². The summed E-state index contributed by atoms with van der Waals surface area (Å²) in [6, 6.07) is 5.27. The van der Waals surface area contributed by atoms with E-state index in [2.05, 4.69) is 0 Å². The smallest absolute Gasteiger partial charge is 0.252 e. The zero-order valence-electron chi connectivity index (χ0n) is 8.12. The summed E-state index contributed by atoms with van der Waals surface area (Å²) in [7, 11) is 1.51. The van der Waals surface area contributed by atoms with Crippen LogP contribution in [-0.4, -0.2) is 19.6 Å². The van der Waals surface area contributed by atoms with Gasteiger partial charge in [0.1, 0.15) is 5.75 Å². The fourth-order valence-electron chi connectivity index (χ4n) is 1.26. The summed E-state index contributed by atoms with van der Waals surface area (Å²) in [6.45, 7) is 0.569. The average Bonchev–Trinajstić information content (AvgIpc) is 2.17. The molecular formula is C10H14N2O2. The Morgan fingerprint density at radius 2 is 2.21 bits per heavy atom. The Morgan fingerprint density at radius 1 is 1.50 bits per heavy atom. The summed E-state index contributed by atoms with van der Waals surface area (Å²) in [5, 5.41) is 0. The fraction of sp³-hybridized carbons (Fsp3) is 0.300. The van der Waals surface area contributed by atoms with Gasteiger partial charge in [-0.1, -0.05) is 6.07 Å². The highest BCUT2D eigenvalue weighted by molar-refractivity contribution is 5.95. The highest BCUT2D eigenvalue weighted by Crippen LogP contribution is 2.19. The molecule has 0 saturated carbocycles. The van der Waals surface area contributed by atoms with Crippen LogP contribution in [0.2, 0.25) is 0 Å². The molecule has 0 aliphatic carbocycles. The molecular weight excluding hydrogens is 180 g/mol. The molecule has 4 N–H and O–H groups in total. The minimum absolute atomic E-state index is 0.397. The van der Waals surface area contributed by atoms with Crippen LogP contribution in [-0.2, 0) is 6.42 Å². The van der Waals surface area contributed by atoms with Gasteiger partial charge in [-0.15, -0.1) is 0 Å². The number of carbonyl (C=O) groups excluding carboxylic acids is 1. The van der Waals surface area contributed by atoms with Crippen molar-refractivity contribution in [2.24, 2.45) is 11.5 Å². The third kappa shape index (κ3) is 2.23. The second kappa shape index (κ2) is 4.62. The molecule has 1 aromatic carbocycles. The Bertz CT molecular complexity index is 337. The fourth-order valence-corrected chi connectivity index (χ4v) is 1.26. The molecule has 0 fully saturated rings. The second-order valence-electron chi connectivity index (χ2n) is 2.94. The SMILES string of the molecule is COc1cc(CCN)ccc1C(N)=O. The van der Waals surface area contributed by atoms with Crippen molar-refractivity contribution in [2.45, 2.75) is 6.42 Å². The lowest BCUT2D eigenvalue weighted by Crippen LogP contribution is -2.13. The average molecular weight is 194 g/mol. The van der Waals surface area contributed by atoms with Crippen molar-refractivity contribution in [3.8, 4) is 5.75 Å². The van der Waals surface area contributed by atoms with Gasteiger partial charge in [0, 0.05) is 0 Å². The lowest BCUT2D eigenvalue weighted by atomic mass is 10.1. The minimum Gasteiger partial charge on any atom is -0.496 e. The zero-order chi connectivity index (χ0) is 10.6. The van der Waals surface area contributed by atoms with E-state index in [0.717, 1.165) is 12.0 Å². The first-order chi connectivity index (χ1) is 6.69. The van der Waals surface area contributed by atoms with Gasteiger partial charge in [-0.25, -0.2) is 0 Å². The first-order valence-corrected chi connectivity index (χ1v) is 4.36. The Balaban J connectivity index is 3.05.